The van der Waals surface area contributed by atoms with E-state index in [1.807, 2.05) is 72.8 Å². The van der Waals surface area contributed by atoms with Gasteiger partial charge in [0.15, 0.2) is 11.6 Å². The lowest BCUT2D eigenvalue weighted by Crippen LogP contribution is -2.65. The third-order valence-electron chi connectivity index (χ3n) is 16.1. The van der Waals surface area contributed by atoms with Gasteiger partial charge in [-0.3, -0.25) is 14.4 Å². The molecule has 2 spiro atoms. The van der Waals surface area contributed by atoms with Gasteiger partial charge in [0.05, 0.1) is 53.7 Å². The van der Waals surface area contributed by atoms with Crippen LogP contribution in [0.15, 0.2) is 36.4 Å². The number of aliphatic hydroxyl groups excluding tert-OH is 1. The van der Waals surface area contributed by atoms with Crippen molar-refractivity contribution < 1.29 is 53.4 Å². The van der Waals surface area contributed by atoms with Gasteiger partial charge < -0.3 is 44.3 Å². The Bertz CT molecular complexity index is 1770. The number of carbonyl (C=O) groups is 3. The summed E-state index contributed by atoms with van der Waals surface area (Å²) >= 11 is 0. The second-order valence-corrected chi connectivity index (χ2v) is 20.3. The molecule has 18 atom stereocenters. The average molecular weight is 868 g/mol. The van der Waals surface area contributed by atoms with Crippen LogP contribution >= 0.6 is 0 Å². The fraction of sp³-hybridized carbons (Fsp3) is 0.780. The van der Waals surface area contributed by atoms with E-state index in [0.29, 0.717) is 63.4 Å². The standard InChI is InChI=1S/C50H77NO11/c1-12-36(46(55)56)38-20-17-29(5)43(59-38)33(9)41(52)32(8)42(53)37(13-2)44-30(6)27-31(7)49(60-44)24-21-39(51-45(54)35-18-15-28(4)16-19-35)50(62-49)26-25-47(11,61-50)40-22-23-48(57,14-3)34(10)58-40/h15-16,18-19,21,24,29-34,36-41,43-44,52,57H,12-14,17,20,22-23,25-27H2,1-11H3,(H,51,54)(H,55,56)/t29-,30-,31+,32-,33-,34-,36+,37-,38+,39-,40+,41+,43+,44-,47-,48+,49-,50-/m0/s1. The SMILES string of the molecule is CC[C@@H](C(=O)[C@@H](C)[C@@H](O)[C@H](C)[C@@H]1O[C@@H]([C@@H](CC)C(=O)O)CC[C@@H]1C)[C@H]1O[C@]2(C=C[C@H](NC(=O)c3ccc(C)cc3)[C@]3(CC[C@@](C)([C@H]4CC[C@](O)(CC)[C@H](C)O4)O3)O2)[C@H](C)C[C@@H]1C. The zero-order valence-electron chi connectivity index (χ0n) is 39.2. The molecule has 0 aromatic heterocycles. The van der Waals surface area contributed by atoms with Crippen LogP contribution < -0.4 is 5.32 Å². The second kappa shape index (κ2) is 19.0. The molecule has 4 N–H and O–H groups in total. The lowest BCUT2D eigenvalue weighted by molar-refractivity contribution is -0.397. The van der Waals surface area contributed by atoms with E-state index in [0.717, 1.165) is 12.0 Å². The van der Waals surface area contributed by atoms with Crippen molar-refractivity contribution >= 4 is 17.7 Å². The molecule has 0 aliphatic carbocycles. The molecule has 0 bridgehead atoms. The molecule has 5 aliphatic rings. The molecule has 0 radical (unpaired) electrons. The molecule has 0 unspecified atom stereocenters. The van der Waals surface area contributed by atoms with Gasteiger partial charge in [0, 0.05) is 35.7 Å². The van der Waals surface area contributed by atoms with Gasteiger partial charge in [0.25, 0.3) is 5.91 Å². The van der Waals surface area contributed by atoms with E-state index in [9.17, 15) is 29.7 Å². The van der Waals surface area contributed by atoms with Gasteiger partial charge in [-0.05, 0) is 109 Å². The Morgan fingerprint density at radius 2 is 1.55 bits per heavy atom. The van der Waals surface area contributed by atoms with E-state index in [1.54, 1.807) is 19.1 Å². The Morgan fingerprint density at radius 3 is 2.16 bits per heavy atom. The number of carboxylic acid groups (broad SMARTS) is 1. The Kier molecular flexibility index (Phi) is 15.0. The third-order valence-corrected chi connectivity index (χ3v) is 16.1. The average Bonchev–Trinajstić information content (AvgIpc) is 3.58. The van der Waals surface area contributed by atoms with Crippen molar-refractivity contribution in [2.45, 2.75) is 206 Å². The number of ketones is 1. The smallest absolute Gasteiger partial charge is 0.309 e. The van der Waals surface area contributed by atoms with E-state index in [-0.39, 0.29) is 35.5 Å². The third kappa shape index (κ3) is 9.36. The molecule has 12 nitrogen and oxygen atoms in total. The summed E-state index contributed by atoms with van der Waals surface area (Å²) < 4.78 is 34.7. The lowest BCUT2D eigenvalue weighted by atomic mass is 9.72. The molecule has 0 saturated carbocycles. The van der Waals surface area contributed by atoms with E-state index in [4.69, 9.17) is 23.7 Å². The first-order valence-electron chi connectivity index (χ1n) is 23.8. The molecule has 12 heteroatoms. The number of aliphatic carboxylic acids is 1. The first-order valence-corrected chi connectivity index (χ1v) is 23.8. The summed E-state index contributed by atoms with van der Waals surface area (Å²) in [5.74, 6) is -6.28. The van der Waals surface area contributed by atoms with Gasteiger partial charge in [-0.25, -0.2) is 0 Å². The summed E-state index contributed by atoms with van der Waals surface area (Å²) in [6, 6.07) is 6.74. The normalized spacial score (nSPS) is 41.0. The first kappa shape index (κ1) is 48.7. The van der Waals surface area contributed by atoms with Crippen LogP contribution in [0.5, 0.6) is 0 Å². The van der Waals surface area contributed by atoms with Crippen LogP contribution in [-0.4, -0.2) is 98.4 Å². The molecule has 4 fully saturated rings. The van der Waals surface area contributed by atoms with Crippen molar-refractivity contribution in [2.75, 3.05) is 0 Å². The number of hydrogen-bond donors (Lipinski definition) is 4. The van der Waals surface area contributed by atoms with Crippen molar-refractivity contribution in [3.05, 3.63) is 47.5 Å². The van der Waals surface area contributed by atoms with E-state index < -0.39 is 89.0 Å². The number of carboxylic acids is 1. The highest BCUT2D eigenvalue weighted by Crippen LogP contribution is 2.54. The molecule has 6 rings (SSSR count). The number of aryl methyl sites for hydroxylation is 1. The fourth-order valence-electron chi connectivity index (χ4n) is 11.6. The summed E-state index contributed by atoms with van der Waals surface area (Å²) in [5, 5.41) is 36.2. The predicted molar refractivity (Wildman–Crippen MR) is 235 cm³/mol. The molecule has 62 heavy (non-hydrogen) atoms. The molecule has 1 amide bonds. The van der Waals surface area contributed by atoms with Gasteiger partial charge in [-0.1, -0.05) is 79.2 Å². The number of benzene rings is 1. The van der Waals surface area contributed by atoms with Crippen LogP contribution in [0, 0.1) is 48.3 Å². The molecule has 348 valence electrons. The van der Waals surface area contributed by atoms with Crippen LogP contribution in [0.3, 0.4) is 0 Å². The van der Waals surface area contributed by atoms with Crippen LogP contribution in [0.2, 0.25) is 0 Å². The van der Waals surface area contributed by atoms with E-state index in [2.05, 4.69) is 26.1 Å². The fourth-order valence-corrected chi connectivity index (χ4v) is 11.6. The highest BCUT2D eigenvalue weighted by molar-refractivity contribution is 5.94. The Balaban J connectivity index is 1.25. The maximum absolute atomic E-state index is 14.7. The van der Waals surface area contributed by atoms with Crippen molar-refractivity contribution in [1.29, 1.82) is 0 Å². The zero-order valence-corrected chi connectivity index (χ0v) is 39.2. The summed E-state index contributed by atoms with van der Waals surface area (Å²) in [6.07, 6.45) is 6.55. The number of hydrogen-bond acceptors (Lipinski definition) is 10. The van der Waals surface area contributed by atoms with Crippen molar-refractivity contribution in [1.82, 2.24) is 5.32 Å². The van der Waals surface area contributed by atoms with Crippen LogP contribution in [0.25, 0.3) is 0 Å². The molecule has 5 aliphatic heterocycles. The summed E-state index contributed by atoms with van der Waals surface area (Å²) in [6.45, 7) is 21.7. The maximum atomic E-state index is 14.7. The largest absolute Gasteiger partial charge is 0.481 e. The minimum Gasteiger partial charge on any atom is -0.481 e. The second-order valence-electron chi connectivity index (χ2n) is 20.3. The number of aliphatic hydroxyl groups is 2. The van der Waals surface area contributed by atoms with Crippen LogP contribution in [0.4, 0.5) is 0 Å². The summed E-state index contributed by atoms with van der Waals surface area (Å²) in [4.78, 5) is 40.6. The Labute approximate surface area is 370 Å². The van der Waals surface area contributed by atoms with Crippen molar-refractivity contribution in [2.24, 2.45) is 41.4 Å². The van der Waals surface area contributed by atoms with Crippen molar-refractivity contribution in [3.8, 4) is 0 Å². The minimum absolute atomic E-state index is 0.0214. The number of ether oxygens (including phenoxy) is 5. The minimum atomic E-state index is -1.34. The zero-order chi connectivity index (χ0) is 45.5. The molecular formula is C50H77NO11. The summed E-state index contributed by atoms with van der Waals surface area (Å²) in [5.41, 5.74) is -0.152. The predicted octanol–water partition coefficient (Wildman–Crippen LogP) is 7.93. The van der Waals surface area contributed by atoms with E-state index in [1.165, 1.54) is 0 Å². The number of nitrogens with one attached hydrogen (secondary N) is 1. The lowest BCUT2D eigenvalue weighted by Gasteiger charge is -2.55. The number of carbonyl (C=O) groups excluding carboxylic acids is 2. The topological polar surface area (TPSA) is 170 Å². The Hall–Kier alpha value is -2.71. The molecule has 4 saturated heterocycles. The van der Waals surface area contributed by atoms with Crippen molar-refractivity contribution in [3.63, 3.8) is 0 Å². The van der Waals surface area contributed by atoms with Gasteiger partial charge in [-0.15, -0.1) is 0 Å². The van der Waals surface area contributed by atoms with Gasteiger partial charge in [0.1, 0.15) is 11.8 Å². The van der Waals surface area contributed by atoms with Crippen LogP contribution in [0.1, 0.15) is 149 Å². The highest BCUT2D eigenvalue weighted by Gasteiger charge is 2.63. The van der Waals surface area contributed by atoms with Gasteiger partial charge in [0.2, 0.25) is 0 Å². The molecule has 1 aromatic rings. The summed E-state index contributed by atoms with van der Waals surface area (Å²) in [7, 11) is 0. The van der Waals surface area contributed by atoms with Gasteiger partial charge in [-0.2, -0.15) is 0 Å². The number of rotatable bonds is 14. The molecular weight excluding hydrogens is 791 g/mol. The maximum Gasteiger partial charge on any atom is 0.309 e. The quantitative estimate of drug-likeness (QED) is 0.134. The molecule has 1 aromatic carbocycles. The molecule has 5 heterocycles. The Morgan fingerprint density at radius 1 is 0.871 bits per heavy atom. The monoisotopic (exact) mass is 868 g/mol. The first-order chi connectivity index (χ1) is 29.2. The highest BCUT2D eigenvalue weighted by atomic mass is 16.8. The number of Topliss-reactive ketones (excluding diaryl/α,β-unsaturated/α-hetero) is 1. The van der Waals surface area contributed by atoms with Crippen LogP contribution in [-0.2, 0) is 33.3 Å². The number of amides is 1. The van der Waals surface area contributed by atoms with Gasteiger partial charge >= 0.3 is 5.97 Å². The van der Waals surface area contributed by atoms with E-state index >= 15 is 0 Å².